The highest BCUT2D eigenvalue weighted by atomic mass is 16.4. The average Bonchev–Trinajstić information content (AvgIpc) is 3.46. The van der Waals surface area contributed by atoms with Crippen LogP contribution in [0.4, 0.5) is 11.5 Å². The van der Waals surface area contributed by atoms with E-state index in [0.29, 0.717) is 47.0 Å². The Balaban J connectivity index is 1.47. The first-order valence-corrected chi connectivity index (χ1v) is 9.93. The number of para-hydroxylation sites is 1. The van der Waals surface area contributed by atoms with Gasteiger partial charge in [-0.2, -0.15) is 5.10 Å². The molecule has 0 radical (unpaired) electrons. The minimum atomic E-state index is -0.960. The number of amides is 1. The van der Waals surface area contributed by atoms with Crippen molar-refractivity contribution in [1.82, 2.24) is 20.2 Å². The number of fused-ring (bicyclic) bond motifs is 3. The number of aliphatic carboxylic acids is 1. The lowest BCUT2D eigenvalue weighted by Gasteiger charge is -2.22. The molecule has 0 spiro atoms. The molecule has 3 aromatic heterocycles. The summed E-state index contributed by atoms with van der Waals surface area (Å²) in [5.41, 5.74) is 2.36. The highest BCUT2D eigenvalue weighted by molar-refractivity contribution is 6.06. The summed E-state index contributed by atoms with van der Waals surface area (Å²) >= 11 is 0. The second-order valence-electron chi connectivity index (χ2n) is 7.72. The van der Waals surface area contributed by atoms with Crippen LogP contribution in [0.2, 0.25) is 0 Å². The molecule has 0 aliphatic carbocycles. The SMILES string of the molecule is Cc1nc(N2CC(CC(=O)Nc3cn[nH]c3)CC2C(=O)O)c2oc3ccccc3c2n1. The first kappa shape index (κ1) is 19.0. The Morgan fingerprint density at radius 1 is 1.32 bits per heavy atom. The maximum absolute atomic E-state index is 12.4. The van der Waals surface area contributed by atoms with Crippen molar-refractivity contribution < 1.29 is 19.1 Å². The molecule has 1 saturated heterocycles. The largest absolute Gasteiger partial charge is 0.480 e. The Labute approximate surface area is 176 Å². The Bertz CT molecular complexity index is 1280. The molecule has 10 nitrogen and oxygen atoms in total. The zero-order valence-corrected chi connectivity index (χ0v) is 16.7. The number of carbonyl (C=O) groups is 2. The number of carbonyl (C=O) groups excluding carboxylic acids is 1. The van der Waals surface area contributed by atoms with Gasteiger partial charge in [-0.3, -0.25) is 9.89 Å². The van der Waals surface area contributed by atoms with E-state index in [1.807, 2.05) is 24.3 Å². The van der Waals surface area contributed by atoms with Crippen molar-refractivity contribution >= 4 is 45.5 Å². The fraction of sp³-hybridized carbons (Fsp3) is 0.286. The van der Waals surface area contributed by atoms with Gasteiger partial charge in [0.2, 0.25) is 5.91 Å². The van der Waals surface area contributed by atoms with E-state index < -0.39 is 12.0 Å². The van der Waals surface area contributed by atoms with Crippen LogP contribution >= 0.6 is 0 Å². The van der Waals surface area contributed by atoms with Gasteiger partial charge in [0.05, 0.1) is 11.9 Å². The molecule has 3 N–H and O–H groups in total. The van der Waals surface area contributed by atoms with Crippen molar-refractivity contribution in [2.24, 2.45) is 5.92 Å². The predicted molar refractivity (Wildman–Crippen MR) is 113 cm³/mol. The van der Waals surface area contributed by atoms with Crippen LogP contribution in [0.3, 0.4) is 0 Å². The Morgan fingerprint density at radius 2 is 2.16 bits per heavy atom. The van der Waals surface area contributed by atoms with E-state index in [1.54, 1.807) is 18.0 Å². The number of hydrogen-bond donors (Lipinski definition) is 3. The summed E-state index contributed by atoms with van der Waals surface area (Å²) in [6, 6.07) is 6.72. The van der Waals surface area contributed by atoms with E-state index >= 15 is 0 Å². The molecule has 158 valence electrons. The number of benzene rings is 1. The van der Waals surface area contributed by atoms with Crippen molar-refractivity contribution in [3.63, 3.8) is 0 Å². The summed E-state index contributed by atoms with van der Waals surface area (Å²) in [5, 5.41) is 19.9. The zero-order chi connectivity index (χ0) is 21.5. The van der Waals surface area contributed by atoms with Crippen molar-refractivity contribution in [2.75, 3.05) is 16.8 Å². The number of carboxylic acids is 1. The van der Waals surface area contributed by atoms with Gasteiger partial charge in [-0.1, -0.05) is 12.1 Å². The van der Waals surface area contributed by atoms with Crippen LogP contribution < -0.4 is 10.2 Å². The van der Waals surface area contributed by atoms with E-state index in [4.69, 9.17) is 4.42 Å². The molecule has 1 amide bonds. The number of aromatic nitrogens is 4. The van der Waals surface area contributed by atoms with E-state index in [-0.39, 0.29) is 18.2 Å². The van der Waals surface area contributed by atoms with Crippen LogP contribution in [-0.4, -0.2) is 49.7 Å². The Kier molecular flexibility index (Phi) is 4.54. The van der Waals surface area contributed by atoms with Gasteiger partial charge >= 0.3 is 5.97 Å². The summed E-state index contributed by atoms with van der Waals surface area (Å²) in [4.78, 5) is 35.2. The Hall–Kier alpha value is -3.95. The molecule has 1 aromatic carbocycles. The van der Waals surface area contributed by atoms with Crippen LogP contribution in [0.25, 0.3) is 22.1 Å². The quantitative estimate of drug-likeness (QED) is 0.448. The third kappa shape index (κ3) is 3.45. The molecule has 0 bridgehead atoms. The number of nitrogens with zero attached hydrogens (tertiary/aromatic N) is 4. The third-order valence-corrected chi connectivity index (χ3v) is 5.51. The zero-order valence-electron chi connectivity index (χ0n) is 16.7. The van der Waals surface area contributed by atoms with Crippen LogP contribution in [0.5, 0.6) is 0 Å². The number of nitrogens with one attached hydrogen (secondary N) is 2. The van der Waals surface area contributed by atoms with Gasteiger partial charge < -0.3 is 19.7 Å². The average molecular weight is 420 g/mol. The van der Waals surface area contributed by atoms with Crippen LogP contribution in [-0.2, 0) is 9.59 Å². The molecule has 31 heavy (non-hydrogen) atoms. The van der Waals surface area contributed by atoms with E-state index in [0.717, 1.165) is 5.39 Å². The molecule has 1 aliphatic rings. The fourth-order valence-electron chi connectivity index (χ4n) is 4.21. The van der Waals surface area contributed by atoms with E-state index in [2.05, 4.69) is 25.5 Å². The highest BCUT2D eigenvalue weighted by Crippen LogP contribution is 2.37. The lowest BCUT2D eigenvalue weighted by molar-refractivity contribution is -0.138. The highest BCUT2D eigenvalue weighted by Gasteiger charge is 2.40. The number of anilines is 2. The molecular weight excluding hydrogens is 400 g/mol. The van der Waals surface area contributed by atoms with Crippen molar-refractivity contribution in [3.05, 3.63) is 42.5 Å². The summed E-state index contributed by atoms with van der Waals surface area (Å²) in [6.07, 6.45) is 3.62. The number of carboxylic acid groups (broad SMARTS) is 1. The smallest absolute Gasteiger partial charge is 0.326 e. The summed E-state index contributed by atoms with van der Waals surface area (Å²) < 4.78 is 6.02. The molecule has 0 saturated carbocycles. The van der Waals surface area contributed by atoms with Crippen LogP contribution in [0, 0.1) is 12.8 Å². The third-order valence-electron chi connectivity index (χ3n) is 5.51. The number of rotatable bonds is 5. The standard InChI is InChI=1S/C21H20N6O4/c1-11-24-18-14-4-2-3-5-16(14)31-19(18)20(25-11)27-10-12(6-15(27)21(29)30)7-17(28)26-13-8-22-23-9-13/h2-5,8-9,12,15H,6-7,10H2,1H3,(H,22,23)(H,26,28)(H,29,30). The van der Waals surface area contributed by atoms with Gasteiger partial charge in [0.15, 0.2) is 11.4 Å². The number of hydrogen-bond acceptors (Lipinski definition) is 7. The molecule has 2 unspecified atom stereocenters. The summed E-state index contributed by atoms with van der Waals surface area (Å²) in [5.74, 6) is -0.325. The van der Waals surface area contributed by atoms with Crippen molar-refractivity contribution in [2.45, 2.75) is 25.8 Å². The molecule has 2 atom stereocenters. The molecule has 5 rings (SSSR count). The number of aryl methyl sites for hydroxylation is 1. The van der Waals surface area contributed by atoms with Crippen LogP contribution in [0.1, 0.15) is 18.7 Å². The number of aromatic amines is 1. The van der Waals surface area contributed by atoms with E-state index in [9.17, 15) is 14.7 Å². The molecule has 1 aliphatic heterocycles. The Morgan fingerprint density at radius 3 is 2.94 bits per heavy atom. The van der Waals surface area contributed by atoms with E-state index in [1.165, 1.54) is 6.20 Å². The van der Waals surface area contributed by atoms with Crippen molar-refractivity contribution in [3.8, 4) is 0 Å². The molecular formula is C21H20N6O4. The maximum atomic E-state index is 12.4. The van der Waals surface area contributed by atoms with Gasteiger partial charge in [-0.05, 0) is 31.4 Å². The van der Waals surface area contributed by atoms with Gasteiger partial charge in [-0.25, -0.2) is 14.8 Å². The molecule has 4 aromatic rings. The number of furan rings is 1. The van der Waals surface area contributed by atoms with Gasteiger partial charge in [0.1, 0.15) is 23.0 Å². The second-order valence-corrected chi connectivity index (χ2v) is 7.72. The summed E-state index contributed by atoms with van der Waals surface area (Å²) in [7, 11) is 0. The normalized spacial score (nSPS) is 18.7. The molecule has 10 heteroatoms. The van der Waals surface area contributed by atoms with Gasteiger partial charge in [0, 0.05) is 24.5 Å². The fourth-order valence-corrected chi connectivity index (χ4v) is 4.21. The first-order chi connectivity index (χ1) is 15.0. The second kappa shape index (κ2) is 7.38. The number of H-pyrrole nitrogens is 1. The lowest BCUT2D eigenvalue weighted by atomic mass is 10.0. The van der Waals surface area contributed by atoms with Crippen LogP contribution in [0.15, 0.2) is 41.1 Å². The summed E-state index contributed by atoms with van der Waals surface area (Å²) in [6.45, 7) is 2.14. The van der Waals surface area contributed by atoms with Crippen molar-refractivity contribution in [1.29, 1.82) is 0 Å². The first-order valence-electron chi connectivity index (χ1n) is 9.93. The minimum Gasteiger partial charge on any atom is -0.480 e. The maximum Gasteiger partial charge on any atom is 0.326 e. The predicted octanol–water partition coefficient (Wildman–Crippen LogP) is 2.72. The monoisotopic (exact) mass is 420 g/mol. The lowest BCUT2D eigenvalue weighted by Crippen LogP contribution is -2.36. The molecule has 1 fully saturated rings. The minimum absolute atomic E-state index is 0.150. The molecule has 4 heterocycles. The van der Waals surface area contributed by atoms with Gasteiger partial charge in [-0.15, -0.1) is 0 Å². The van der Waals surface area contributed by atoms with Gasteiger partial charge in [0.25, 0.3) is 0 Å². The topological polar surface area (TPSA) is 137 Å².